The highest BCUT2D eigenvalue weighted by atomic mass is 32.2. The monoisotopic (exact) mass is 339 g/mol. The van der Waals surface area contributed by atoms with Gasteiger partial charge >= 0.3 is 0 Å². The topological polar surface area (TPSA) is 54.5 Å². The Hall–Kier alpha value is -2.28. The molecule has 2 aromatic carbocycles. The van der Waals surface area contributed by atoms with Crippen molar-refractivity contribution in [3.05, 3.63) is 65.7 Å². The van der Waals surface area contributed by atoms with Crippen molar-refractivity contribution in [2.24, 2.45) is 0 Å². The van der Waals surface area contributed by atoms with Crippen LogP contribution in [0.3, 0.4) is 0 Å². The average Bonchev–Trinajstić information content (AvgIpc) is 2.49. The number of carbonyl (C=O) groups excluding carboxylic acids is 1. The third-order valence-electron chi connectivity index (χ3n) is 3.25. The van der Waals surface area contributed by atoms with E-state index in [1.165, 1.54) is 36.2 Å². The summed E-state index contributed by atoms with van der Waals surface area (Å²) in [6, 6.07) is 9.88. The highest BCUT2D eigenvalue weighted by molar-refractivity contribution is 7.92. The maximum atomic E-state index is 12.8. The van der Waals surface area contributed by atoms with Crippen molar-refractivity contribution in [3.63, 3.8) is 0 Å². The van der Waals surface area contributed by atoms with E-state index < -0.39 is 27.3 Å². The summed E-state index contributed by atoms with van der Waals surface area (Å²) < 4.78 is 49.9. The van der Waals surface area contributed by atoms with E-state index in [1.807, 2.05) is 0 Å². The van der Waals surface area contributed by atoms with Gasteiger partial charge in [-0.05, 0) is 42.0 Å². The van der Waals surface area contributed by atoms with Crippen molar-refractivity contribution >= 4 is 15.7 Å². The first kappa shape index (κ1) is 17.1. The molecule has 2 rings (SSSR count). The fraction of sp³-hybridized carbons (Fsp3) is 0.188. The van der Waals surface area contributed by atoms with Gasteiger partial charge in [0.15, 0.2) is 9.84 Å². The maximum Gasteiger partial charge on any atom is 0.238 e. The van der Waals surface area contributed by atoms with Crippen LogP contribution < -0.4 is 0 Å². The number of carbonyl (C=O) groups is 1. The smallest absolute Gasteiger partial charge is 0.238 e. The van der Waals surface area contributed by atoms with Gasteiger partial charge in [-0.1, -0.05) is 12.1 Å². The fourth-order valence-electron chi connectivity index (χ4n) is 1.95. The second kappa shape index (κ2) is 6.87. The normalized spacial score (nSPS) is 11.3. The molecule has 0 aliphatic heterocycles. The van der Waals surface area contributed by atoms with Crippen LogP contribution in [0.15, 0.2) is 53.4 Å². The van der Waals surface area contributed by atoms with E-state index in [4.69, 9.17) is 0 Å². The first-order chi connectivity index (χ1) is 10.8. The number of amides is 1. The Kier molecular flexibility index (Phi) is 5.10. The lowest BCUT2D eigenvalue weighted by atomic mass is 10.2. The minimum atomic E-state index is -3.84. The number of nitrogens with zero attached hydrogens (tertiary/aromatic N) is 1. The molecule has 0 aliphatic rings. The maximum absolute atomic E-state index is 12.8. The lowest BCUT2D eigenvalue weighted by molar-refractivity contribution is -0.127. The molecule has 0 radical (unpaired) electrons. The highest BCUT2D eigenvalue weighted by Crippen LogP contribution is 2.13. The number of benzene rings is 2. The van der Waals surface area contributed by atoms with Gasteiger partial charge in [0.1, 0.15) is 17.4 Å². The van der Waals surface area contributed by atoms with E-state index in [-0.39, 0.29) is 17.3 Å². The van der Waals surface area contributed by atoms with Crippen molar-refractivity contribution in [2.75, 3.05) is 12.8 Å². The highest BCUT2D eigenvalue weighted by Gasteiger charge is 2.22. The van der Waals surface area contributed by atoms with Gasteiger partial charge in [-0.15, -0.1) is 0 Å². The van der Waals surface area contributed by atoms with Crippen LogP contribution in [0.4, 0.5) is 8.78 Å². The number of hydrogen-bond donors (Lipinski definition) is 0. The van der Waals surface area contributed by atoms with E-state index in [0.717, 1.165) is 24.3 Å². The van der Waals surface area contributed by atoms with Crippen molar-refractivity contribution in [1.29, 1.82) is 0 Å². The Morgan fingerprint density at radius 1 is 0.957 bits per heavy atom. The summed E-state index contributed by atoms with van der Waals surface area (Å²) in [5.74, 6) is -2.25. The molecule has 0 saturated carbocycles. The van der Waals surface area contributed by atoms with Crippen LogP contribution in [-0.4, -0.2) is 32.0 Å². The lowest BCUT2D eigenvalue weighted by Crippen LogP contribution is -2.32. The molecule has 0 spiro atoms. The van der Waals surface area contributed by atoms with Crippen LogP contribution >= 0.6 is 0 Å². The van der Waals surface area contributed by atoms with Gasteiger partial charge in [0, 0.05) is 13.6 Å². The van der Waals surface area contributed by atoms with Gasteiger partial charge in [-0.2, -0.15) is 0 Å². The molecule has 0 atom stereocenters. The van der Waals surface area contributed by atoms with Gasteiger partial charge in [0.2, 0.25) is 5.91 Å². The summed E-state index contributed by atoms with van der Waals surface area (Å²) >= 11 is 0. The molecule has 1 amide bonds. The number of hydrogen-bond acceptors (Lipinski definition) is 3. The van der Waals surface area contributed by atoms with Crippen LogP contribution in [0.2, 0.25) is 0 Å². The molecule has 0 unspecified atom stereocenters. The molecule has 122 valence electrons. The summed E-state index contributed by atoms with van der Waals surface area (Å²) in [7, 11) is -2.37. The summed E-state index contributed by atoms with van der Waals surface area (Å²) in [6.45, 7) is 0.165. The number of halogens is 2. The zero-order chi connectivity index (χ0) is 17.0. The third kappa shape index (κ3) is 4.59. The van der Waals surface area contributed by atoms with Gasteiger partial charge < -0.3 is 4.90 Å². The van der Waals surface area contributed by atoms with Crippen LogP contribution in [0.1, 0.15) is 5.56 Å². The van der Waals surface area contributed by atoms with Crippen LogP contribution in [0, 0.1) is 11.6 Å². The van der Waals surface area contributed by atoms with Gasteiger partial charge in [0.05, 0.1) is 4.90 Å². The second-order valence-electron chi connectivity index (χ2n) is 5.09. The Bertz CT molecular complexity index is 787. The van der Waals surface area contributed by atoms with E-state index >= 15 is 0 Å². The summed E-state index contributed by atoms with van der Waals surface area (Å²) in [5.41, 5.74) is 0.682. The predicted molar refractivity (Wildman–Crippen MR) is 81.3 cm³/mol. The van der Waals surface area contributed by atoms with Crippen molar-refractivity contribution in [1.82, 2.24) is 4.90 Å². The molecule has 23 heavy (non-hydrogen) atoms. The van der Waals surface area contributed by atoms with Crippen molar-refractivity contribution < 1.29 is 22.0 Å². The number of rotatable bonds is 5. The largest absolute Gasteiger partial charge is 0.341 e. The average molecular weight is 339 g/mol. The summed E-state index contributed by atoms with van der Waals surface area (Å²) in [4.78, 5) is 13.2. The SMILES string of the molecule is CN(Cc1ccc(F)cc1)C(=O)CS(=O)(=O)c1ccc(F)cc1. The van der Waals surface area contributed by atoms with Crippen LogP contribution in [0.5, 0.6) is 0 Å². The summed E-state index contributed by atoms with van der Waals surface area (Å²) in [5, 5.41) is 0. The summed E-state index contributed by atoms with van der Waals surface area (Å²) in [6.07, 6.45) is 0. The predicted octanol–water partition coefficient (Wildman–Crippen LogP) is 2.40. The van der Waals surface area contributed by atoms with E-state index in [0.29, 0.717) is 5.56 Å². The molecular formula is C16H15F2NO3S. The third-order valence-corrected chi connectivity index (χ3v) is 4.86. The van der Waals surface area contributed by atoms with Gasteiger partial charge in [0.25, 0.3) is 0 Å². The Morgan fingerprint density at radius 2 is 1.43 bits per heavy atom. The molecule has 0 fully saturated rings. The molecule has 2 aromatic rings. The Morgan fingerprint density at radius 3 is 1.96 bits per heavy atom. The van der Waals surface area contributed by atoms with Crippen molar-refractivity contribution in [3.8, 4) is 0 Å². The number of sulfone groups is 1. The van der Waals surface area contributed by atoms with E-state index in [9.17, 15) is 22.0 Å². The van der Waals surface area contributed by atoms with E-state index in [2.05, 4.69) is 0 Å². The van der Waals surface area contributed by atoms with E-state index in [1.54, 1.807) is 0 Å². The zero-order valence-electron chi connectivity index (χ0n) is 12.4. The Labute approximate surface area is 133 Å². The van der Waals surface area contributed by atoms with Crippen LogP contribution in [-0.2, 0) is 21.2 Å². The fourth-order valence-corrected chi connectivity index (χ4v) is 3.21. The molecule has 7 heteroatoms. The molecular weight excluding hydrogens is 324 g/mol. The molecule has 0 heterocycles. The van der Waals surface area contributed by atoms with Gasteiger partial charge in [-0.25, -0.2) is 17.2 Å². The molecule has 0 saturated heterocycles. The van der Waals surface area contributed by atoms with Gasteiger partial charge in [-0.3, -0.25) is 4.79 Å². The molecule has 0 bridgehead atoms. The quantitative estimate of drug-likeness (QED) is 0.786. The second-order valence-corrected chi connectivity index (χ2v) is 7.08. The molecule has 4 nitrogen and oxygen atoms in total. The minimum Gasteiger partial charge on any atom is -0.341 e. The van der Waals surface area contributed by atoms with Crippen molar-refractivity contribution in [2.45, 2.75) is 11.4 Å². The van der Waals surface area contributed by atoms with Crippen LogP contribution in [0.25, 0.3) is 0 Å². The lowest BCUT2D eigenvalue weighted by Gasteiger charge is -2.17. The first-order valence-corrected chi connectivity index (χ1v) is 8.40. The first-order valence-electron chi connectivity index (χ1n) is 6.75. The molecule has 0 N–H and O–H groups in total. The standard InChI is InChI=1S/C16H15F2NO3S/c1-19(10-12-2-4-13(17)5-3-12)16(20)11-23(21,22)15-8-6-14(18)7-9-15/h2-9H,10-11H2,1H3. The zero-order valence-corrected chi connectivity index (χ0v) is 13.2. The minimum absolute atomic E-state index is 0.109. The molecule has 0 aromatic heterocycles. The Balaban J connectivity index is 2.05. The molecule has 0 aliphatic carbocycles.